The number of carboxylic acids is 2. The number of carboxylic acid groups (broad SMARTS) is 2. The summed E-state index contributed by atoms with van der Waals surface area (Å²) >= 11 is 13.1. The number of amides is 1. The maximum Gasteiger partial charge on any atom is 0.334 e. The number of allylic oxidation sites excluding steroid dienone is 1. The number of aliphatic carboxylic acids is 2. The van der Waals surface area contributed by atoms with Crippen molar-refractivity contribution in [3.8, 4) is 0 Å². The number of guanidine groups is 1. The Morgan fingerprint density at radius 1 is 0.955 bits per heavy atom. The zero-order valence-corrected chi connectivity index (χ0v) is 25.8. The van der Waals surface area contributed by atoms with Crippen LogP contribution in [0.1, 0.15) is 43.2 Å². The van der Waals surface area contributed by atoms with Crippen LogP contribution >= 0.6 is 23.2 Å². The second-order valence-corrected chi connectivity index (χ2v) is 11.5. The zero-order valence-electron chi connectivity index (χ0n) is 24.3. The van der Waals surface area contributed by atoms with Crippen LogP contribution in [0.25, 0.3) is 0 Å². The van der Waals surface area contributed by atoms with Crippen molar-refractivity contribution in [2.24, 2.45) is 5.73 Å². The Morgan fingerprint density at radius 2 is 1.55 bits per heavy atom. The molecule has 0 aromatic heterocycles. The second kappa shape index (κ2) is 14.6. The number of hydrogen-bond acceptors (Lipinski definition) is 6. The highest BCUT2D eigenvalue weighted by Gasteiger charge is 2.41. The van der Waals surface area contributed by atoms with E-state index in [0.717, 1.165) is 5.56 Å². The molecule has 1 amide bonds. The number of hydrogen-bond donors (Lipinski definition) is 6. The Labute approximate surface area is 265 Å². The third-order valence-corrected chi connectivity index (χ3v) is 8.59. The van der Waals surface area contributed by atoms with Gasteiger partial charge in [0.2, 0.25) is 5.91 Å². The SMILES string of the molecule is CCC(NC(=N)N)N1CCN(C(=O)CC2=C(C(=O)O)C(c3c(Cl)cccc3Cl)C(C(=O)O)=C(CCc3ccccc3)N2)CC1. The lowest BCUT2D eigenvalue weighted by Gasteiger charge is -2.39. The van der Waals surface area contributed by atoms with E-state index >= 15 is 0 Å². The molecular weight excluding hydrogens is 607 g/mol. The quantitative estimate of drug-likeness (QED) is 0.158. The Bertz CT molecular complexity index is 1470. The number of benzene rings is 2. The smallest absolute Gasteiger partial charge is 0.334 e. The monoisotopic (exact) mass is 642 g/mol. The number of nitrogens with zero attached hydrogens (tertiary/aromatic N) is 2. The molecule has 1 fully saturated rings. The highest BCUT2D eigenvalue weighted by molar-refractivity contribution is 6.36. The van der Waals surface area contributed by atoms with E-state index in [4.69, 9.17) is 34.3 Å². The van der Waals surface area contributed by atoms with E-state index in [1.165, 1.54) is 12.1 Å². The van der Waals surface area contributed by atoms with Gasteiger partial charge in [-0.05, 0) is 37.0 Å². The minimum absolute atomic E-state index is 0.101. The number of halogens is 2. The van der Waals surface area contributed by atoms with E-state index in [2.05, 4.69) is 15.5 Å². The summed E-state index contributed by atoms with van der Waals surface area (Å²) in [5.41, 5.74) is 6.57. The van der Waals surface area contributed by atoms with Crippen molar-refractivity contribution in [2.45, 2.75) is 44.7 Å². The fourth-order valence-electron chi connectivity index (χ4n) is 5.82. The predicted octanol–water partition coefficient (Wildman–Crippen LogP) is 3.74. The van der Waals surface area contributed by atoms with Crippen molar-refractivity contribution in [2.75, 3.05) is 26.2 Å². The molecule has 2 aromatic rings. The summed E-state index contributed by atoms with van der Waals surface area (Å²) in [6, 6.07) is 14.1. The van der Waals surface area contributed by atoms with Crippen LogP contribution in [0.5, 0.6) is 0 Å². The van der Waals surface area contributed by atoms with Crippen molar-refractivity contribution in [1.29, 1.82) is 5.41 Å². The van der Waals surface area contributed by atoms with Crippen LogP contribution < -0.4 is 16.4 Å². The molecule has 4 rings (SSSR count). The van der Waals surface area contributed by atoms with E-state index in [1.54, 1.807) is 11.0 Å². The average molecular weight is 644 g/mol. The number of nitrogens with one attached hydrogen (secondary N) is 3. The van der Waals surface area contributed by atoms with Gasteiger partial charge in [0, 0.05) is 53.2 Å². The van der Waals surface area contributed by atoms with E-state index in [-0.39, 0.29) is 63.3 Å². The first-order chi connectivity index (χ1) is 21.0. The van der Waals surface area contributed by atoms with Crippen LogP contribution in [0.15, 0.2) is 71.1 Å². The largest absolute Gasteiger partial charge is 0.478 e. The Kier molecular flexibility index (Phi) is 10.9. The molecule has 11 nitrogen and oxygen atoms in total. The summed E-state index contributed by atoms with van der Waals surface area (Å²) in [5, 5.41) is 34.7. The Balaban J connectivity index is 1.69. The summed E-state index contributed by atoms with van der Waals surface area (Å²) in [7, 11) is 0. The van der Waals surface area contributed by atoms with Crippen molar-refractivity contribution >= 4 is 47.0 Å². The number of nitrogens with two attached hydrogens (primary N) is 1. The van der Waals surface area contributed by atoms with Gasteiger partial charge in [-0.1, -0.05) is 66.5 Å². The zero-order chi connectivity index (χ0) is 32.0. The van der Waals surface area contributed by atoms with Gasteiger partial charge in [-0.2, -0.15) is 0 Å². The topological polar surface area (TPSA) is 172 Å². The number of piperazine rings is 1. The van der Waals surface area contributed by atoms with Crippen molar-refractivity contribution < 1.29 is 24.6 Å². The fraction of sp³-hybridized carbons (Fsp3) is 0.355. The first-order valence-electron chi connectivity index (χ1n) is 14.3. The molecule has 13 heteroatoms. The summed E-state index contributed by atoms with van der Waals surface area (Å²) in [5.74, 6) is -4.44. The van der Waals surface area contributed by atoms with Crippen LogP contribution in [0.3, 0.4) is 0 Å². The van der Waals surface area contributed by atoms with E-state index in [9.17, 15) is 24.6 Å². The lowest BCUT2D eigenvalue weighted by Crippen LogP contribution is -2.57. The molecule has 44 heavy (non-hydrogen) atoms. The van der Waals surface area contributed by atoms with Gasteiger partial charge in [0.1, 0.15) is 0 Å². The van der Waals surface area contributed by atoms with Crippen LogP contribution in [-0.4, -0.2) is 76.2 Å². The lowest BCUT2D eigenvalue weighted by atomic mass is 9.78. The Hall–Kier alpha value is -4.06. The third-order valence-electron chi connectivity index (χ3n) is 7.93. The van der Waals surface area contributed by atoms with Gasteiger partial charge in [0.15, 0.2) is 5.96 Å². The van der Waals surface area contributed by atoms with Crippen LogP contribution in [0.2, 0.25) is 10.0 Å². The van der Waals surface area contributed by atoms with Gasteiger partial charge in [-0.15, -0.1) is 0 Å². The summed E-state index contributed by atoms with van der Waals surface area (Å²) in [4.78, 5) is 43.0. The first-order valence-corrected chi connectivity index (χ1v) is 15.1. The van der Waals surface area contributed by atoms with Crippen LogP contribution in [0, 0.1) is 5.41 Å². The molecule has 234 valence electrons. The molecular formula is C31H36Cl2N6O5. The molecule has 0 bridgehead atoms. The van der Waals surface area contributed by atoms with Crippen molar-refractivity contribution in [3.63, 3.8) is 0 Å². The summed E-state index contributed by atoms with van der Waals surface area (Å²) in [6.45, 7) is 3.82. The second-order valence-electron chi connectivity index (χ2n) is 10.6. The Morgan fingerprint density at radius 3 is 2.09 bits per heavy atom. The first kappa shape index (κ1) is 32.8. The summed E-state index contributed by atoms with van der Waals surface area (Å²) < 4.78 is 0. The lowest BCUT2D eigenvalue weighted by molar-refractivity contribution is -0.133. The van der Waals surface area contributed by atoms with Gasteiger partial charge < -0.3 is 31.5 Å². The number of rotatable bonds is 11. The highest BCUT2D eigenvalue weighted by Crippen LogP contribution is 2.45. The average Bonchev–Trinajstić information content (AvgIpc) is 2.98. The molecule has 7 N–H and O–H groups in total. The van der Waals surface area contributed by atoms with Crippen LogP contribution in [0.4, 0.5) is 0 Å². The molecule has 2 aliphatic heterocycles. The van der Waals surface area contributed by atoms with Gasteiger partial charge in [0.25, 0.3) is 0 Å². The molecule has 0 aliphatic carbocycles. The molecule has 2 heterocycles. The molecule has 0 spiro atoms. The number of dihydropyridines is 1. The maximum atomic E-state index is 13.6. The molecule has 1 saturated heterocycles. The maximum absolute atomic E-state index is 13.6. The van der Waals surface area contributed by atoms with Gasteiger partial charge in [0.05, 0.1) is 29.7 Å². The van der Waals surface area contributed by atoms with E-state index in [1.807, 2.05) is 37.3 Å². The van der Waals surface area contributed by atoms with Crippen molar-refractivity contribution in [3.05, 3.63) is 92.2 Å². The molecule has 2 unspecified atom stereocenters. The number of carbonyl (C=O) groups is 3. The minimum Gasteiger partial charge on any atom is -0.478 e. The van der Waals surface area contributed by atoms with Crippen LogP contribution in [-0.2, 0) is 20.8 Å². The molecule has 2 atom stereocenters. The third kappa shape index (κ3) is 7.53. The van der Waals surface area contributed by atoms with E-state index in [0.29, 0.717) is 44.7 Å². The van der Waals surface area contributed by atoms with Gasteiger partial charge in [-0.3, -0.25) is 15.1 Å². The number of carbonyl (C=O) groups excluding carboxylic acids is 1. The standard InChI is InChI=1S/C31H36Cl2N6O5/c1-2-23(37-31(34)35)38-13-15-39(16-14-38)24(40)17-22-27(30(43)44)28(25-19(32)9-6-10-20(25)33)26(29(41)42)21(36-22)12-11-18-7-4-3-5-8-18/h3-10,23,28,36H,2,11-17H2,1H3,(H,41,42)(H,43,44)(H4,34,35,37). The normalized spacial score (nSPS) is 18.1. The highest BCUT2D eigenvalue weighted by atomic mass is 35.5. The summed E-state index contributed by atoms with van der Waals surface area (Å²) in [6.07, 6.45) is 1.00. The molecule has 0 radical (unpaired) electrons. The number of aryl methyl sites for hydroxylation is 1. The molecule has 2 aliphatic rings. The van der Waals surface area contributed by atoms with Gasteiger partial charge in [-0.25, -0.2) is 9.59 Å². The molecule has 2 aromatic carbocycles. The van der Waals surface area contributed by atoms with Gasteiger partial charge >= 0.3 is 11.9 Å². The predicted molar refractivity (Wildman–Crippen MR) is 168 cm³/mol. The van der Waals surface area contributed by atoms with Crippen molar-refractivity contribution in [1.82, 2.24) is 20.4 Å². The molecule has 0 saturated carbocycles. The fourth-order valence-corrected chi connectivity index (χ4v) is 6.43. The minimum atomic E-state index is -1.38. The van der Waals surface area contributed by atoms with E-state index < -0.39 is 17.9 Å².